The first-order valence-electron chi connectivity index (χ1n) is 7.15. The summed E-state index contributed by atoms with van der Waals surface area (Å²) in [5.41, 5.74) is 0.304. The van der Waals surface area contributed by atoms with Gasteiger partial charge in [0.1, 0.15) is 0 Å². The van der Waals surface area contributed by atoms with Crippen molar-refractivity contribution >= 4 is 0 Å². The zero-order valence-electron chi connectivity index (χ0n) is 11.8. The first kappa shape index (κ1) is 14.1. The molecule has 1 aliphatic heterocycles. The van der Waals surface area contributed by atoms with Crippen molar-refractivity contribution in [2.24, 2.45) is 0 Å². The van der Waals surface area contributed by atoms with Gasteiger partial charge in [0.05, 0.1) is 5.41 Å². The molecule has 0 aliphatic carbocycles. The maximum Gasteiger partial charge on any atom is 0.233 e. The molecule has 2 heterocycles. The fraction of sp³-hybridized carbons (Fsp3) is 0.467. The zero-order valence-corrected chi connectivity index (χ0v) is 11.8. The lowest BCUT2D eigenvalue weighted by molar-refractivity contribution is 0.216. The SMILES string of the molecule is CCC1(c2nc(-c3ccc(F)c(F)c3)no2)CCNCC1. The highest BCUT2D eigenvalue weighted by atomic mass is 19.2. The lowest BCUT2D eigenvalue weighted by Gasteiger charge is -2.33. The largest absolute Gasteiger partial charge is 0.338 e. The molecule has 1 aromatic carbocycles. The minimum atomic E-state index is -0.911. The summed E-state index contributed by atoms with van der Waals surface area (Å²) in [5.74, 6) is -0.904. The monoisotopic (exact) mass is 293 g/mol. The van der Waals surface area contributed by atoms with E-state index in [2.05, 4.69) is 22.4 Å². The van der Waals surface area contributed by atoms with Crippen LogP contribution in [-0.2, 0) is 5.41 Å². The van der Waals surface area contributed by atoms with Crippen molar-refractivity contribution in [2.75, 3.05) is 13.1 Å². The molecule has 6 heteroatoms. The van der Waals surface area contributed by atoms with Crippen molar-refractivity contribution in [3.05, 3.63) is 35.7 Å². The van der Waals surface area contributed by atoms with E-state index < -0.39 is 11.6 Å². The van der Waals surface area contributed by atoms with Crippen molar-refractivity contribution in [3.8, 4) is 11.4 Å². The van der Waals surface area contributed by atoms with E-state index in [1.807, 2.05) is 0 Å². The molecule has 1 saturated heterocycles. The number of nitrogens with zero attached hydrogens (tertiary/aromatic N) is 2. The van der Waals surface area contributed by atoms with E-state index in [-0.39, 0.29) is 5.41 Å². The van der Waals surface area contributed by atoms with Crippen LogP contribution in [0, 0.1) is 11.6 Å². The maximum absolute atomic E-state index is 13.3. The van der Waals surface area contributed by atoms with Crippen molar-refractivity contribution in [1.82, 2.24) is 15.5 Å². The van der Waals surface area contributed by atoms with E-state index in [0.717, 1.165) is 44.5 Å². The summed E-state index contributed by atoms with van der Waals surface area (Å²) >= 11 is 0. The van der Waals surface area contributed by atoms with Crippen LogP contribution in [0.1, 0.15) is 32.1 Å². The topological polar surface area (TPSA) is 51.0 Å². The van der Waals surface area contributed by atoms with E-state index in [1.54, 1.807) is 0 Å². The standard InChI is InChI=1S/C15H17F2N3O/c1-2-15(5-7-18-8-6-15)14-19-13(20-21-14)10-3-4-11(16)12(17)9-10/h3-4,9,18H,2,5-8H2,1H3. The molecule has 0 atom stereocenters. The van der Waals surface area contributed by atoms with Gasteiger partial charge in [-0.15, -0.1) is 0 Å². The summed E-state index contributed by atoms with van der Waals surface area (Å²) in [5, 5.41) is 7.24. The van der Waals surface area contributed by atoms with Crippen molar-refractivity contribution in [3.63, 3.8) is 0 Å². The van der Waals surface area contributed by atoms with Gasteiger partial charge in [-0.2, -0.15) is 4.98 Å². The van der Waals surface area contributed by atoms with Gasteiger partial charge in [0.2, 0.25) is 11.7 Å². The molecule has 21 heavy (non-hydrogen) atoms. The number of rotatable bonds is 3. The first-order valence-corrected chi connectivity index (χ1v) is 7.15. The van der Waals surface area contributed by atoms with E-state index in [1.165, 1.54) is 6.07 Å². The maximum atomic E-state index is 13.3. The van der Waals surface area contributed by atoms with Crippen molar-refractivity contribution in [1.29, 1.82) is 0 Å². The minimum absolute atomic E-state index is 0.116. The third kappa shape index (κ3) is 2.55. The van der Waals surface area contributed by atoms with E-state index in [0.29, 0.717) is 17.3 Å². The Morgan fingerprint density at radius 2 is 2.00 bits per heavy atom. The molecule has 112 valence electrons. The number of hydrogen-bond acceptors (Lipinski definition) is 4. The molecule has 3 rings (SSSR count). The van der Waals surface area contributed by atoms with Crippen LogP contribution in [0.25, 0.3) is 11.4 Å². The van der Waals surface area contributed by atoms with Crippen molar-refractivity contribution < 1.29 is 13.3 Å². The van der Waals surface area contributed by atoms with Crippen LogP contribution < -0.4 is 5.32 Å². The van der Waals surface area contributed by atoms with Gasteiger partial charge in [0.25, 0.3) is 0 Å². The second kappa shape index (κ2) is 5.52. The van der Waals surface area contributed by atoms with E-state index in [9.17, 15) is 8.78 Å². The first-order chi connectivity index (χ1) is 10.1. The lowest BCUT2D eigenvalue weighted by atomic mass is 9.76. The Labute approximate surface area is 121 Å². The van der Waals surface area contributed by atoms with Crippen molar-refractivity contribution in [2.45, 2.75) is 31.6 Å². The van der Waals surface area contributed by atoms with Crippen LogP contribution in [0.2, 0.25) is 0 Å². The number of aromatic nitrogens is 2. The molecule has 0 radical (unpaired) electrons. The number of piperidine rings is 1. The second-order valence-electron chi connectivity index (χ2n) is 5.44. The Bertz CT molecular complexity index is 636. The molecule has 0 bridgehead atoms. The molecule has 1 N–H and O–H groups in total. The highest BCUT2D eigenvalue weighted by Gasteiger charge is 2.37. The molecule has 0 spiro atoms. The quantitative estimate of drug-likeness (QED) is 0.945. The molecule has 1 aliphatic rings. The normalized spacial score (nSPS) is 17.9. The molecule has 1 fully saturated rings. The number of halogens is 2. The Morgan fingerprint density at radius 3 is 2.67 bits per heavy atom. The summed E-state index contributed by atoms with van der Waals surface area (Å²) in [6, 6.07) is 3.61. The minimum Gasteiger partial charge on any atom is -0.338 e. The summed E-state index contributed by atoms with van der Waals surface area (Å²) in [6.45, 7) is 3.93. The molecule has 0 saturated carbocycles. The van der Waals surface area contributed by atoms with Crippen LogP contribution in [0.4, 0.5) is 8.78 Å². The van der Waals surface area contributed by atoms with Crippen LogP contribution in [0.5, 0.6) is 0 Å². The smallest absolute Gasteiger partial charge is 0.233 e. The van der Waals surface area contributed by atoms with Gasteiger partial charge in [0.15, 0.2) is 11.6 Å². The van der Waals surface area contributed by atoms with E-state index >= 15 is 0 Å². The Hall–Kier alpha value is -1.82. The third-order valence-corrected chi connectivity index (χ3v) is 4.29. The highest BCUT2D eigenvalue weighted by molar-refractivity contribution is 5.54. The Kier molecular flexibility index (Phi) is 3.71. The number of benzene rings is 1. The van der Waals surface area contributed by atoms with Gasteiger partial charge < -0.3 is 9.84 Å². The van der Waals surface area contributed by atoms with Crippen LogP contribution in [0.3, 0.4) is 0 Å². The average molecular weight is 293 g/mol. The van der Waals surface area contributed by atoms with Gasteiger partial charge in [-0.1, -0.05) is 12.1 Å². The predicted octanol–water partition coefficient (Wildman–Crippen LogP) is 3.05. The van der Waals surface area contributed by atoms with Crippen LogP contribution in [0.15, 0.2) is 22.7 Å². The molecule has 2 aromatic rings. The molecular formula is C15H17F2N3O. The Morgan fingerprint density at radius 1 is 1.24 bits per heavy atom. The summed E-state index contributed by atoms with van der Waals surface area (Å²) in [6.07, 6.45) is 2.78. The van der Waals surface area contributed by atoms with Crippen LogP contribution >= 0.6 is 0 Å². The molecule has 1 aromatic heterocycles. The second-order valence-corrected chi connectivity index (χ2v) is 5.44. The molecule has 4 nitrogen and oxygen atoms in total. The highest BCUT2D eigenvalue weighted by Crippen LogP contribution is 2.36. The third-order valence-electron chi connectivity index (χ3n) is 4.29. The molecule has 0 unspecified atom stereocenters. The van der Waals surface area contributed by atoms with Gasteiger partial charge in [-0.25, -0.2) is 8.78 Å². The van der Waals surface area contributed by atoms with Gasteiger partial charge in [-0.05, 0) is 50.6 Å². The summed E-state index contributed by atoms with van der Waals surface area (Å²) in [4.78, 5) is 4.42. The van der Waals surface area contributed by atoms with Gasteiger partial charge in [0, 0.05) is 5.56 Å². The zero-order chi connectivity index (χ0) is 14.9. The average Bonchev–Trinajstić information content (AvgIpc) is 3.01. The fourth-order valence-corrected chi connectivity index (χ4v) is 2.82. The van der Waals surface area contributed by atoms with E-state index in [4.69, 9.17) is 4.52 Å². The fourth-order valence-electron chi connectivity index (χ4n) is 2.82. The Balaban J connectivity index is 1.93. The number of hydrogen-bond donors (Lipinski definition) is 1. The summed E-state index contributed by atoms with van der Waals surface area (Å²) < 4.78 is 31.7. The number of nitrogens with one attached hydrogen (secondary N) is 1. The molecular weight excluding hydrogens is 276 g/mol. The predicted molar refractivity (Wildman–Crippen MR) is 73.7 cm³/mol. The molecule has 0 amide bonds. The lowest BCUT2D eigenvalue weighted by Crippen LogP contribution is -2.39. The van der Waals surface area contributed by atoms with Gasteiger partial charge >= 0.3 is 0 Å². The van der Waals surface area contributed by atoms with Crippen LogP contribution in [-0.4, -0.2) is 23.2 Å². The summed E-state index contributed by atoms with van der Waals surface area (Å²) in [7, 11) is 0. The van der Waals surface area contributed by atoms with Gasteiger partial charge in [-0.3, -0.25) is 0 Å².